The average Bonchev–Trinajstić information content (AvgIpc) is 2.46. The second kappa shape index (κ2) is 4.99. The van der Waals surface area contributed by atoms with Crippen molar-refractivity contribution in [2.75, 3.05) is 6.54 Å². The minimum Gasteiger partial charge on any atom is -0.330 e. The summed E-state index contributed by atoms with van der Waals surface area (Å²) in [6.45, 7) is 5.05. The molecule has 3 heteroatoms. The number of halogens is 1. The van der Waals surface area contributed by atoms with Crippen LogP contribution >= 0.6 is 22.9 Å². The molecule has 0 saturated heterocycles. The number of hydrogen-bond acceptors (Lipinski definition) is 2. The molecule has 1 rings (SSSR count). The molecule has 0 radical (unpaired) electrons. The van der Waals surface area contributed by atoms with Gasteiger partial charge in [-0.1, -0.05) is 25.4 Å². The number of thiophene rings is 1. The third kappa shape index (κ3) is 2.97. The van der Waals surface area contributed by atoms with Gasteiger partial charge in [-0.3, -0.25) is 0 Å². The molecule has 1 aromatic heterocycles. The molecule has 1 atom stereocenters. The highest BCUT2D eigenvalue weighted by molar-refractivity contribution is 7.12. The van der Waals surface area contributed by atoms with Gasteiger partial charge < -0.3 is 5.73 Å². The van der Waals surface area contributed by atoms with Crippen LogP contribution in [-0.2, 0) is 12.8 Å². The van der Waals surface area contributed by atoms with E-state index in [-0.39, 0.29) is 0 Å². The van der Waals surface area contributed by atoms with Crippen molar-refractivity contribution in [3.63, 3.8) is 0 Å². The van der Waals surface area contributed by atoms with E-state index in [9.17, 15) is 0 Å². The molecule has 74 valence electrons. The topological polar surface area (TPSA) is 26.0 Å². The smallest absolute Gasteiger partial charge is 0.0547 e. The van der Waals surface area contributed by atoms with Gasteiger partial charge in [-0.2, -0.15) is 0 Å². The summed E-state index contributed by atoms with van der Waals surface area (Å²) in [5, 5.41) is 0.923. The molecule has 0 bridgehead atoms. The first-order valence-corrected chi connectivity index (χ1v) is 5.84. The Morgan fingerprint density at radius 2 is 2.31 bits per heavy atom. The van der Waals surface area contributed by atoms with Crippen LogP contribution in [0.2, 0.25) is 5.02 Å². The molecule has 2 N–H and O–H groups in total. The zero-order valence-corrected chi connectivity index (χ0v) is 9.71. The van der Waals surface area contributed by atoms with E-state index in [0.29, 0.717) is 5.92 Å². The van der Waals surface area contributed by atoms with Crippen molar-refractivity contribution < 1.29 is 0 Å². The lowest BCUT2D eigenvalue weighted by atomic mass is 10.1. The lowest BCUT2D eigenvalue weighted by Gasteiger charge is -2.04. The standard InChI is InChI=1S/C10H16ClNS/c1-3-10-9(11)5-8(13-10)4-7(2)6-12/h5,7H,3-4,6,12H2,1-2H3. The van der Waals surface area contributed by atoms with Crippen LogP contribution in [0.25, 0.3) is 0 Å². The van der Waals surface area contributed by atoms with Gasteiger partial charge in [0.1, 0.15) is 0 Å². The monoisotopic (exact) mass is 217 g/mol. The Morgan fingerprint density at radius 1 is 1.62 bits per heavy atom. The lowest BCUT2D eigenvalue weighted by molar-refractivity contribution is 0.598. The van der Waals surface area contributed by atoms with Crippen molar-refractivity contribution >= 4 is 22.9 Å². The van der Waals surface area contributed by atoms with Crippen molar-refractivity contribution in [3.05, 3.63) is 20.8 Å². The molecule has 0 spiro atoms. The van der Waals surface area contributed by atoms with Crippen molar-refractivity contribution in [1.29, 1.82) is 0 Å². The van der Waals surface area contributed by atoms with E-state index < -0.39 is 0 Å². The third-order valence-corrected chi connectivity index (χ3v) is 3.83. The molecule has 0 amide bonds. The normalized spacial score (nSPS) is 13.2. The number of nitrogens with two attached hydrogens (primary N) is 1. The summed E-state index contributed by atoms with van der Waals surface area (Å²) in [7, 11) is 0. The second-order valence-corrected chi connectivity index (χ2v) is 5.01. The fourth-order valence-electron chi connectivity index (χ4n) is 1.23. The molecule has 0 fully saturated rings. The molecule has 1 heterocycles. The van der Waals surface area contributed by atoms with Crippen molar-refractivity contribution in [2.24, 2.45) is 11.7 Å². The summed E-state index contributed by atoms with van der Waals surface area (Å²) in [5.74, 6) is 0.555. The van der Waals surface area contributed by atoms with Crippen LogP contribution in [0, 0.1) is 5.92 Å². The predicted octanol–water partition coefficient (Wildman–Crippen LogP) is 3.10. The molecular weight excluding hydrogens is 202 g/mol. The molecule has 13 heavy (non-hydrogen) atoms. The van der Waals surface area contributed by atoms with E-state index in [4.69, 9.17) is 17.3 Å². The Hall–Kier alpha value is -0.0500. The van der Waals surface area contributed by atoms with Crippen LogP contribution in [0.1, 0.15) is 23.6 Å². The van der Waals surface area contributed by atoms with Crippen LogP contribution in [0.4, 0.5) is 0 Å². The van der Waals surface area contributed by atoms with Gasteiger partial charge in [0.2, 0.25) is 0 Å². The Morgan fingerprint density at radius 3 is 2.77 bits per heavy atom. The van der Waals surface area contributed by atoms with Gasteiger partial charge in [-0.05, 0) is 31.4 Å². The van der Waals surface area contributed by atoms with Gasteiger partial charge in [0.15, 0.2) is 0 Å². The van der Waals surface area contributed by atoms with Crippen LogP contribution < -0.4 is 5.73 Å². The zero-order valence-electron chi connectivity index (χ0n) is 8.14. The molecule has 0 aliphatic heterocycles. The highest BCUT2D eigenvalue weighted by atomic mass is 35.5. The molecule has 0 saturated carbocycles. The number of rotatable bonds is 4. The number of hydrogen-bond donors (Lipinski definition) is 1. The predicted molar refractivity (Wildman–Crippen MR) is 60.6 cm³/mol. The Balaban J connectivity index is 2.67. The van der Waals surface area contributed by atoms with E-state index in [2.05, 4.69) is 19.9 Å². The average molecular weight is 218 g/mol. The maximum absolute atomic E-state index is 6.05. The van der Waals surface area contributed by atoms with Crippen LogP contribution in [0.15, 0.2) is 6.07 Å². The lowest BCUT2D eigenvalue weighted by Crippen LogP contribution is -2.12. The van der Waals surface area contributed by atoms with Crippen molar-refractivity contribution in [2.45, 2.75) is 26.7 Å². The number of aryl methyl sites for hydroxylation is 1. The highest BCUT2D eigenvalue weighted by Crippen LogP contribution is 2.28. The van der Waals surface area contributed by atoms with E-state index >= 15 is 0 Å². The van der Waals surface area contributed by atoms with Crippen LogP contribution in [0.3, 0.4) is 0 Å². The molecule has 0 aliphatic rings. The van der Waals surface area contributed by atoms with Gasteiger partial charge in [-0.25, -0.2) is 0 Å². The van der Waals surface area contributed by atoms with Gasteiger partial charge >= 0.3 is 0 Å². The van der Waals surface area contributed by atoms with Gasteiger partial charge in [-0.15, -0.1) is 11.3 Å². The van der Waals surface area contributed by atoms with Crippen LogP contribution in [-0.4, -0.2) is 6.54 Å². The minimum atomic E-state index is 0.555. The second-order valence-electron chi connectivity index (χ2n) is 3.38. The van der Waals surface area contributed by atoms with Crippen molar-refractivity contribution in [3.8, 4) is 0 Å². The summed E-state index contributed by atoms with van der Waals surface area (Å²) in [6.07, 6.45) is 2.08. The minimum absolute atomic E-state index is 0.555. The van der Waals surface area contributed by atoms with Gasteiger partial charge in [0.05, 0.1) is 5.02 Å². The highest BCUT2D eigenvalue weighted by Gasteiger charge is 2.08. The third-order valence-electron chi connectivity index (χ3n) is 2.08. The van der Waals surface area contributed by atoms with Gasteiger partial charge in [0.25, 0.3) is 0 Å². The molecule has 0 aromatic carbocycles. The van der Waals surface area contributed by atoms with E-state index in [1.54, 1.807) is 0 Å². The fraction of sp³-hybridized carbons (Fsp3) is 0.600. The maximum Gasteiger partial charge on any atom is 0.0547 e. The maximum atomic E-state index is 6.05. The van der Waals surface area contributed by atoms with E-state index in [1.165, 1.54) is 9.75 Å². The first kappa shape index (κ1) is 11.0. The first-order chi connectivity index (χ1) is 6.17. The fourth-order valence-corrected chi connectivity index (χ4v) is 2.83. The zero-order chi connectivity index (χ0) is 9.84. The summed E-state index contributed by atoms with van der Waals surface area (Å²) < 4.78 is 0. The molecule has 1 unspecified atom stereocenters. The van der Waals surface area contributed by atoms with Gasteiger partial charge in [0, 0.05) is 9.75 Å². The Labute approximate surface area is 88.9 Å². The van der Waals surface area contributed by atoms with Crippen LogP contribution in [0.5, 0.6) is 0 Å². The molecule has 0 aliphatic carbocycles. The SMILES string of the molecule is CCc1sc(CC(C)CN)cc1Cl. The summed E-state index contributed by atoms with van der Waals surface area (Å²) in [6, 6.07) is 2.08. The van der Waals surface area contributed by atoms with Crippen molar-refractivity contribution in [1.82, 2.24) is 0 Å². The van der Waals surface area contributed by atoms with E-state index in [0.717, 1.165) is 24.4 Å². The molecule has 1 aromatic rings. The van der Waals surface area contributed by atoms with E-state index in [1.807, 2.05) is 11.3 Å². The first-order valence-electron chi connectivity index (χ1n) is 4.64. The Kier molecular flexibility index (Phi) is 4.23. The summed E-state index contributed by atoms with van der Waals surface area (Å²) in [5.41, 5.74) is 5.57. The summed E-state index contributed by atoms with van der Waals surface area (Å²) >= 11 is 7.87. The largest absolute Gasteiger partial charge is 0.330 e. The molecule has 1 nitrogen and oxygen atoms in total. The summed E-state index contributed by atoms with van der Waals surface area (Å²) in [4.78, 5) is 2.65. The molecular formula is C10H16ClNS. The quantitative estimate of drug-likeness (QED) is 0.824. The Bertz CT molecular complexity index is 270.